The molecule has 0 radical (unpaired) electrons. The fourth-order valence-corrected chi connectivity index (χ4v) is 3.04. The van der Waals surface area contributed by atoms with Gasteiger partial charge in [0.25, 0.3) is 5.91 Å². The van der Waals surface area contributed by atoms with Gasteiger partial charge in [-0.05, 0) is 33.0 Å². The molecule has 0 spiro atoms. The molecular weight excluding hydrogens is 280 g/mol. The first-order valence-corrected chi connectivity index (χ1v) is 7.64. The van der Waals surface area contributed by atoms with Crippen molar-refractivity contribution in [1.82, 2.24) is 19.6 Å². The maximum atomic E-state index is 12.6. The molecule has 2 aromatic rings. The summed E-state index contributed by atoms with van der Waals surface area (Å²) in [4.78, 5) is 19.3. The van der Waals surface area contributed by atoms with Crippen molar-refractivity contribution in [2.75, 3.05) is 26.7 Å². The minimum absolute atomic E-state index is 0.00812. The minimum atomic E-state index is -0.0961. The highest BCUT2D eigenvalue weighted by Gasteiger charge is 2.33. The molecular formula is C16H22N4O2. The van der Waals surface area contributed by atoms with Crippen LogP contribution in [0.2, 0.25) is 0 Å². The summed E-state index contributed by atoms with van der Waals surface area (Å²) < 4.78 is 7.62. The van der Waals surface area contributed by atoms with Gasteiger partial charge in [-0.3, -0.25) is 4.79 Å². The maximum absolute atomic E-state index is 12.6. The average Bonchev–Trinajstić information content (AvgIpc) is 3.00. The zero-order chi connectivity index (χ0) is 15.7. The molecule has 118 valence electrons. The molecule has 0 bridgehead atoms. The molecule has 1 saturated heterocycles. The number of likely N-dealkylation sites (N-methyl/N-ethyl adjacent to an activating group) is 1. The SMILES string of the molecule is CCO[C@H]1CN(C)C[C@@H]1NC(=O)c1cccn2cc(C)nc12. The van der Waals surface area contributed by atoms with Crippen molar-refractivity contribution in [3.05, 3.63) is 35.8 Å². The number of aromatic nitrogens is 2. The summed E-state index contributed by atoms with van der Waals surface area (Å²) in [6, 6.07) is 3.68. The Hall–Kier alpha value is -1.92. The number of pyridine rings is 1. The van der Waals surface area contributed by atoms with Gasteiger partial charge in [0.1, 0.15) is 5.65 Å². The summed E-state index contributed by atoms with van der Waals surface area (Å²) in [6.07, 6.45) is 3.86. The molecule has 1 aliphatic rings. The predicted molar refractivity (Wildman–Crippen MR) is 84.1 cm³/mol. The van der Waals surface area contributed by atoms with Crippen molar-refractivity contribution in [1.29, 1.82) is 0 Å². The molecule has 0 aromatic carbocycles. The number of fused-ring (bicyclic) bond motifs is 1. The van der Waals surface area contributed by atoms with Crippen LogP contribution in [0, 0.1) is 6.92 Å². The Bertz CT molecular complexity index is 682. The number of aryl methyl sites for hydroxylation is 1. The number of nitrogens with zero attached hydrogens (tertiary/aromatic N) is 3. The Kier molecular flexibility index (Phi) is 4.13. The van der Waals surface area contributed by atoms with Crippen LogP contribution in [-0.2, 0) is 4.74 Å². The lowest BCUT2D eigenvalue weighted by atomic mass is 10.2. The molecule has 2 aromatic heterocycles. The smallest absolute Gasteiger partial charge is 0.255 e. The van der Waals surface area contributed by atoms with Crippen molar-refractivity contribution < 1.29 is 9.53 Å². The maximum Gasteiger partial charge on any atom is 0.255 e. The number of rotatable bonds is 4. The Morgan fingerprint density at radius 2 is 2.32 bits per heavy atom. The van der Waals surface area contributed by atoms with Crippen LogP contribution in [0.1, 0.15) is 23.0 Å². The molecule has 1 amide bonds. The lowest BCUT2D eigenvalue weighted by molar-refractivity contribution is 0.0513. The number of ether oxygens (including phenoxy) is 1. The number of hydrogen-bond acceptors (Lipinski definition) is 4. The van der Waals surface area contributed by atoms with E-state index in [0.29, 0.717) is 17.8 Å². The van der Waals surface area contributed by atoms with Gasteiger partial charge < -0.3 is 19.4 Å². The molecule has 6 nitrogen and oxygen atoms in total. The van der Waals surface area contributed by atoms with Crippen molar-refractivity contribution in [2.45, 2.75) is 26.0 Å². The van der Waals surface area contributed by atoms with Crippen LogP contribution in [0.25, 0.3) is 5.65 Å². The lowest BCUT2D eigenvalue weighted by Crippen LogP contribution is -2.44. The van der Waals surface area contributed by atoms with Gasteiger partial charge in [0.15, 0.2) is 0 Å². The van der Waals surface area contributed by atoms with E-state index in [1.807, 2.05) is 49.8 Å². The molecule has 6 heteroatoms. The molecule has 2 atom stereocenters. The monoisotopic (exact) mass is 302 g/mol. The van der Waals surface area contributed by atoms with Gasteiger partial charge in [0.05, 0.1) is 23.4 Å². The van der Waals surface area contributed by atoms with E-state index in [9.17, 15) is 4.79 Å². The van der Waals surface area contributed by atoms with Gasteiger partial charge in [-0.25, -0.2) is 4.98 Å². The van der Waals surface area contributed by atoms with Crippen LogP contribution < -0.4 is 5.32 Å². The van der Waals surface area contributed by atoms with Crippen LogP contribution in [-0.4, -0.2) is 59.1 Å². The van der Waals surface area contributed by atoms with E-state index in [1.54, 1.807) is 0 Å². The van der Waals surface area contributed by atoms with E-state index in [4.69, 9.17) is 4.74 Å². The Morgan fingerprint density at radius 1 is 1.50 bits per heavy atom. The van der Waals surface area contributed by atoms with Crippen molar-refractivity contribution in [3.8, 4) is 0 Å². The zero-order valence-electron chi connectivity index (χ0n) is 13.2. The Labute approximate surface area is 130 Å². The molecule has 1 aliphatic heterocycles. The van der Waals surface area contributed by atoms with E-state index in [0.717, 1.165) is 18.8 Å². The summed E-state index contributed by atoms with van der Waals surface area (Å²) in [5, 5.41) is 3.10. The fourth-order valence-electron chi connectivity index (χ4n) is 3.04. The third-order valence-electron chi connectivity index (χ3n) is 3.99. The lowest BCUT2D eigenvalue weighted by Gasteiger charge is -2.19. The Balaban J connectivity index is 1.81. The van der Waals surface area contributed by atoms with Gasteiger partial charge >= 0.3 is 0 Å². The summed E-state index contributed by atoms with van der Waals surface area (Å²) in [6.45, 7) is 6.19. The molecule has 22 heavy (non-hydrogen) atoms. The molecule has 3 rings (SSSR count). The van der Waals surface area contributed by atoms with E-state index < -0.39 is 0 Å². The largest absolute Gasteiger partial charge is 0.375 e. The number of carbonyl (C=O) groups is 1. The summed E-state index contributed by atoms with van der Waals surface area (Å²) >= 11 is 0. The first-order valence-electron chi connectivity index (χ1n) is 7.64. The van der Waals surface area contributed by atoms with Crippen molar-refractivity contribution >= 4 is 11.6 Å². The number of amides is 1. The van der Waals surface area contributed by atoms with Gasteiger partial charge in [0.2, 0.25) is 0 Å². The summed E-state index contributed by atoms with van der Waals surface area (Å²) in [5.74, 6) is -0.0961. The molecule has 0 saturated carbocycles. The Morgan fingerprint density at radius 3 is 3.09 bits per heavy atom. The van der Waals surface area contributed by atoms with E-state index >= 15 is 0 Å². The average molecular weight is 302 g/mol. The number of imidazole rings is 1. The van der Waals surface area contributed by atoms with E-state index in [1.165, 1.54) is 0 Å². The van der Waals surface area contributed by atoms with Crippen LogP contribution in [0.4, 0.5) is 0 Å². The molecule has 0 aliphatic carbocycles. The van der Waals surface area contributed by atoms with Crippen LogP contribution in [0.5, 0.6) is 0 Å². The zero-order valence-corrected chi connectivity index (χ0v) is 13.2. The van der Waals surface area contributed by atoms with Crippen molar-refractivity contribution in [2.24, 2.45) is 0 Å². The number of carbonyl (C=O) groups excluding carboxylic acids is 1. The third-order valence-corrected chi connectivity index (χ3v) is 3.99. The highest BCUT2D eigenvalue weighted by atomic mass is 16.5. The van der Waals surface area contributed by atoms with Gasteiger partial charge in [-0.15, -0.1) is 0 Å². The number of hydrogen-bond donors (Lipinski definition) is 1. The van der Waals surface area contributed by atoms with Gasteiger partial charge in [-0.1, -0.05) is 0 Å². The number of nitrogens with one attached hydrogen (secondary N) is 1. The first-order chi connectivity index (χ1) is 10.6. The molecule has 1 fully saturated rings. The summed E-state index contributed by atoms with van der Waals surface area (Å²) in [7, 11) is 2.04. The van der Waals surface area contributed by atoms with Crippen LogP contribution in [0.3, 0.4) is 0 Å². The second-order valence-electron chi connectivity index (χ2n) is 5.83. The van der Waals surface area contributed by atoms with E-state index in [-0.39, 0.29) is 18.1 Å². The number of likely N-dealkylation sites (tertiary alicyclic amines) is 1. The van der Waals surface area contributed by atoms with Crippen LogP contribution in [0.15, 0.2) is 24.5 Å². The highest BCUT2D eigenvalue weighted by molar-refractivity contribution is 6.00. The molecule has 1 N–H and O–H groups in total. The van der Waals surface area contributed by atoms with E-state index in [2.05, 4.69) is 15.2 Å². The fraction of sp³-hybridized carbons (Fsp3) is 0.500. The topological polar surface area (TPSA) is 58.9 Å². The second kappa shape index (κ2) is 6.06. The minimum Gasteiger partial charge on any atom is -0.375 e. The standard InChI is InChI=1S/C16H22N4O2/c1-4-22-14-10-19(3)9-13(14)18-16(21)12-6-5-7-20-8-11(2)17-15(12)20/h5-8,13-14H,4,9-10H2,1-3H3,(H,18,21)/t13-,14-/m0/s1. The second-order valence-corrected chi connectivity index (χ2v) is 5.83. The highest BCUT2D eigenvalue weighted by Crippen LogP contribution is 2.15. The third kappa shape index (κ3) is 2.84. The van der Waals surface area contributed by atoms with Gasteiger partial charge in [-0.2, -0.15) is 0 Å². The first kappa shape index (κ1) is 15.0. The normalized spacial score (nSPS) is 22.3. The van der Waals surface area contributed by atoms with Crippen molar-refractivity contribution in [3.63, 3.8) is 0 Å². The molecule has 0 unspecified atom stereocenters. The van der Waals surface area contributed by atoms with Gasteiger partial charge in [0, 0.05) is 32.1 Å². The molecule has 3 heterocycles. The summed E-state index contributed by atoms with van der Waals surface area (Å²) in [5.41, 5.74) is 2.19. The van der Waals surface area contributed by atoms with Crippen LogP contribution >= 0.6 is 0 Å². The predicted octanol–water partition coefficient (Wildman–Crippen LogP) is 1.09. The quantitative estimate of drug-likeness (QED) is 0.918.